The van der Waals surface area contributed by atoms with Gasteiger partial charge in [-0.1, -0.05) is 0 Å². The van der Waals surface area contributed by atoms with Crippen LogP contribution in [0.5, 0.6) is 0 Å². The van der Waals surface area contributed by atoms with E-state index < -0.39 is 5.97 Å². The maximum atomic E-state index is 11.1. The molecule has 1 heterocycles. The summed E-state index contributed by atoms with van der Waals surface area (Å²) in [5.74, 6) is -0.992. The summed E-state index contributed by atoms with van der Waals surface area (Å²) in [5.41, 5.74) is 7.94. The predicted octanol–water partition coefficient (Wildman–Crippen LogP) is 1.50. The third-order valence-corrected chi connectivity index (χ3v) is 3.46. The molecular weight excluding hydrogens is 232 g/mol. The van der Waals surface area contributed by atoms with Crippen LogP contribution in [0.25, 0.3) is 0 Å². The van der Waals surface area contributed by atoms with E-state index in [1.807, 2.05) is 20.0 Å². The molecule has 1 fully saturated rings. The van der Waals surface area contributed by atoms with Crippen molar-refractivity contribution in [1.82, 2.24) is 0 Å². The molecule has 0 radical (unpaired) electrons. The monoisotopic (exact) mass is 250 g/mol. The number of anilines is 2. The average Bonchev–Trinajstić information content (AvgIpc) is 2.84. The topological polar surface area (TPSA) is 75.8 Å². The van der Waals surface area contributed by atoms with Crippen LogP contribution in [0.4, 0.5) is 11.4 Å². The van der Waals surface area contributed by atoms with Gasteiger partial charge in [0.1, 0.15) is 0 Å². The molecule has 1 saturated heterocycles. The number of aromatic carboxylic acids is 1. The third-order valence-electron chi connectivity index (χ3n) is 3.46. The molecular formula is C13H18N2O3. The van der Waals surface area contributed by atoms with Crippen LogP contribution in [-0.4, -0.2) is 37.4 Å². The van der Waals surface area contributed by atoms with Gasteiger partial charge in [0.2, 0.25) is 0 Å². The van der Waals surface area contributed by atoms with E-state index in [1.165, 1.54) is 0 Å². The quantitative estimate of drug-likeness (QED) is 0.795. The molecule has 5 heteroatoms. The first-order valence-corrected chi connectivity index (χ1v) is 5.94. The van der Waals surface area contributed by atoms with Crippen LogP contribution >= 0.6 is 0 Å². The van der Waals surface area contributed by atoms with Crippen LogP contribution in [0.3, 0.4) is 0 Å². The fourth-order valence-corrected chi connectivity index (χ4v) is 2.20. The van der Waals surface area contributed by atoms with Crippen LogP contribution in [0, 0.1) is 6.92 Å². The van der Waals surface area contributed by atoms with Gasteiger partial charge in [-0.3, -0.25) is 0 Å². The lowest BCUT2D eigenvalue weighted by atomic mass is 10.1. The molecule has 3 N–H and O–H groups in total. The third kappa shape index (κ3) is 2.26. The van der Waals surface area contributed by atoms with Crippen molar-refractivity contribution in [1.29, 1.82) is 0 Å². The highest BCUT2D eigenvalue weighted by atomic mass is 16.5. The number of hydrogen-bond acceptors (Lipinski definition) is 4. The minimum Gasteiger partial charge on any atom is -0.478 e. The normalized spacial score (nSPS) is 18.9. The van der Waals surface area contributed by atoms with Gasteiger partial charge in [0.25, 0.3) is 0 Å². The minimum absolute atomic E-state index is 0.163. The number of likely N-dealkylation sites (N-methyl/N-ethyl adjacent to an activating group) is 1. The predicted molar refractivity (Wildman–Crippen MR) is 70.2 cm³/mol. The van der Waals surface area contributed by atoms with Gasteiger partial charge in [0.15, 0.2) is 0 Å². The fraction of sp³-hybridized carbons (Fsp3) is 0.462. The number of aryl methyl sites for hydroxylation is 1. The molecule has 18 heavy (non-hydrogen) atoms. The summed E-state index contributed by atoms with van der Waals surface area (Å²) in [7, 11) is 1.95. The van der Waals surface area contributed by atoms with Crippen LogP contribution < -0.4 is 10.6 Å². The lowest BCUT2D eigenvalue weighted by molar-refractivity contribution is 0.0698. The number of ether oxygens (including phenoxy) is 1. The Labute approximate surface area is 106 Å². The highest BCUT2D eigenvalue weighted by Gasteiger charge is 2.22. The molecule has 5 nitrogen and oxygen atoms in total. The maximum absolute atomic E-state index is 11.1. The average molecular weight is 250 g/mol. The van der Waals surface area contributed by atoms with E-state index >= 15 is 0 Å². The Morgan fingerprint density at radius 3 is 2.83 bits per heavy atom. The number of nitrogens with two attached hydrogens (primary N) is 1. The molecule has 1 unspecified atom stereocenters. The van der Waals surface area contributed by atoms with Crippen molar-refractivity contribution in [2.24, 2.45) is 0 Å². The molecule has 0 aliphatic carbocycles. The summed E-state index contributed by atoms with van der Waals surface area (Å²) in [6.45, 7) is 3.27. The van der Waals surface area contributed by atoms with Crippen molar-refractivity contribution in [2.45, 2.75) is 19.4 Å². The maximum Gasteiger partial charge on any atom is 0.337 e. The van der Waals surface area contributed by atoms with E-state index in [-0.39, 0.29) is 5.56 Å². The van der Waals surface area contributed by atoms with Gasteiger partial charge in [-0.25, -0.2) is 4.79 Å². The lowest BCUT2D eigenvalue weighted by Crippen LogP contribution is -2.32. The lowest BCUT2D eigenvalue weighted by Gasteiger charge is -2.26. The zero-order chi connectivity index (χ0) is 13.3. The first kappa shape index (κ1) is 12.7. The number of hydrogen-bond donors (Lipinski definition) is 2. The second kappa shape index (κ2) is 4.86. The van der Waals surface area contributed by atoms with Gasteiger partial charge in [-0.15, -0.1) is 0 Å². The number of carboxylic acids is 1. The second-order valence-electron chi connectivity index (χ2n) is 4.66. The minimum atomic E-state index is -0.992. The Balaban J connectivity index is 2.35. The van der Waals surface area contributed by atoms with Gasteiger partial charge in [0, 0.05) is 25.0 Å². The number of nitrogen functional groups attached to an aromatic ring is 1. The number of nitrogens with zero attached hydrogens (tertiary/aromatic N) is 1. The van der Waals surface area contributed by atoms with Gasteiger partial charge in [-0.2, -0.15) is 0 Å². The molecule has 0 bridgehead atoms. The summed E-state index contributed by atoms with van der Waals surface area (Å²) < 4.78 is 5.35. The zero-order valence-corrected chi connectivity index (χ0v) is 10.6. The number of benzene rings is 1. The van der Waals surface area contributed by atoms with Crippen LogP contribution in [0.15, 0.2) is 12.1 Å². The number of rotatable bonds is 3. The van der Waals surface area contributed by atoms with E-state index in [2.05, 4.69) is 4.90 Å². The molecule has 2 rings (SSSR count). The summed E-state index contributed by atoms with van der Waals surface area (Å²) in [6, 6.07) is 3.85. The standard InChI is InChI=1S/C13H18N2O3/c1-8-5-10(6-11(12(8)14)13(16)17)15(2)9-3-4-18-7-9/h5-6,9H,3-4,7,14H2,1-2H3,(H,16,17). The summed E-state index contributed by atoms with van der Waals surface area (Å²) in [6.07, 6.45) is 0.961. The highest BCUT2D eigenvalue weighted by Crippen LogP contribution is 2.27. The Hall–Kier alpha value is -1.75. The first-order valence-electron chi connectivity index (χ1n) is 5.94. The van der Waals surface area contributed by atoms with E-state index in [0.717, 1.165) is 24.3 Å². The molecule has 0 saturated carbocycles. The van der Waals surface area contributed by atoms with Gasteiger partial charge in [-0.05, 0) is 31.0 Å². The van der Waals surface area contributed by atoms with Crippen LogP contribution in [-0.2, 0) is 4.74 Å². The Morgan fingerprint density at radius 2 is 2.28 bits per heavy atom. The smallest absolute Gasteiger partial charge is 0.337 e. The number of carboxylic acid groups (broad SMARTS) is 1. The second-order valence-corrected chi connectivity index (χ2v) is 4.66. The SMILES string of the molecule is Cc1cc(N(C)C2CCOC2)cc(C(=O)O)c1N. The molecule has 0 aromatic heterocycles. The van der Waals surface area contributed by atoms with Crippen molar-refractivity contribution in [2.75, 3.05) is 30.9 Å². The van der Waals surface area contributed by atoms with Crippen molar-refractivity contribution in [3.05, 3.63) is 23.3 Å². The van der Waals surface area contributed by atoms with Crippen LogP contribution in [0.1, 0.15) is 22.3 Å². The van der Waals surface area contributed by atoms with Gasteiger partial charge in [0.05, 0.1) is 18.2 Å². The number of carbonyl (C=O) groups is 1. The summed E-state index contributed by atoms with van der Waals surface area (Å²) in [5, 5.41) is 9.14. The fourth-order valence-electron chi connectivity index (χ4n) is 2.20. The Kier molecular flexibility index (Phi) is 3.43. The van der Waals surface area contributed by atoms with E-state index in [0.29, 0.717) is 18.3 Å². The molecule has 1 aliphatic heterocycles. The van der Waals surface area contributed by atoms with E-state index in [9.17, 15) is 4.79 Å². The van der Waals surface area contributed by atoms with E-state index in [4.69, 9.17) is 15.6 Å². The van der Waals surface area contributed by atoms with Crippen molar-refractivity contribution < 1.29 is 14.6 Å². The molecule has 0 spiro atoms. The van der Waals surface area contributed by atoms with Gasteiger partial charge >= 0.3 is 5.97 Å². The first-order chi connectivity index (χ1) is 8.50. The Morgan fingerprint density at radius 1 is 1.56 bits per heavy atom. The van der Waals surface area contributed by atoms with Crippen molar-refractivity contribution in [3.63, 3.8) is 0 Å². The molecule has 98 valence electrons. The molecule has 1 aliphatic rings. The zero-order valence-electron chi connectivity index (χ0n) is 10.6. The van der Waals surface area contributed by atoms with Gasteiger partial charge < -0.3 is 20.5 Å². The largest absolute Gasteiger partial charge is 0.478 e. The summed E-state index contributed by atoms with van der Waals surface area (Å²) >= 11 is 0. The van der Waals surface area contributed by atoms with Crippen molar-refractivity contribution in [3.8, 4) is 0 Å². The highest BCUT2D eigenvalue weighted by molar-refractivity contribution is 5.95. The molecule has 1 aromatic rings. The summed E-state index contributed by atoms with van der Waals surface area (Å²) in [4.78, 5) is 13.2. The molecule has 1 aromatic carbocycles. The van der Waals surface area contributed by atoms with Crippen LogP contribution in [0.2, 0.25) is 0 Å². The molecule has 0 amide bonds. The Bertz CT molecular complexity index is 468. The molecule has 1 atom stereocenters. The van der Waals surface area contributed by atoms with E-state index in [1.54, 1.807) is 6.07 Å². The van der Waals surface area contributed by atoms with Crippen molar-refractivity contribution >= 4 is 17.3 Å².